The highest BCUT2D eigenvalue weighted by atomic mass is 32.2. The second kappa shape index (κ2) is 7.37. The van der Waals surface area contributed by atoms with Crippen molar-refractivity contribution in [1.29, 1.82) is 0 Å². The lowest BCUT2D eigenvalue weighted by atomic mass is 9.97. The summed E-state index contributed by atoms with van der Waals surface area (Å²) in [4.78, 5) is 39.9. The molecule has 4 rings (SSSR count). The summed E-state index contributed by atoms with van der Waals surface area (Å²) >= 11 is 0. The lowest BCUT2D eigenvalue weighted by Crippen LogP contribution is -2.64. The quantitative estimate of drug-likeness (QED) is 0.556. The Morgan fingerprint density at radius 3 is 2.45 bits per heavy atom. The number of ketones is 1. The van der Waals surface area contributed by atoms with E-state index < -0.39 is 45.6 Å². The van der Waals surface area contributed by atoms with E-state index in [4.69, 9.17) is 5.73 Å². The Morgan fingerprint density at radius 2 is 1.87 bits per heavy atom. The fourth-order valence-electron chi connectivity index (χ4n) is 4.62. The molecule has 2 amide bonds. The Hall–Kier alpha value is -2.88. The number of nitrogens with zero attached hydrogens (tertiary/aromatic N) is 2. The average Bonchev–Trinajstić information content (AvgIpc) is 3.22. The molecule has 0 radical (unpaired) electrons. The molecule has 2 aromatic rings. The zero-order chi connectivity index (χ0) is 22.7. The molecule has 1 aromatic heterocycles. The maximum absolute atomic E-state index is 13.9. The first-order chi connectivity index (χ1) is 14.5. The first-order valence-corrected chi connectivity index (χ1v) is 11.2. The van der Waals surface area contributed by atoms with Crippen LogP contribution in [0.1, 0.15) is 45.4 Å². The predicted octanol–water partition coefficient (Wildman–Crippen LogP) is 1.86. The van der Waals surface area contributed by atoms with Gasteiger partial charge in [0.1, 0.15) is 5.69 Å². The van der Waals surface area contributed by atoms with Crippen molar-refractivity contribution >= 4 is 34.1 Å². The highest BCUT2D eigenvalue weighted by Crippen LogP contribution is 2.35. The van der Waals surface area contributed by atoms with Gasteiger partial charge >= 0.3 is 0 Å². The molecule has 0 unspecified atom stereocenters. The van der Waals surface area contributed by atoms with Crippen molar-refractivity contribution in [2.24, 2.45) is 5.73 Å². The van der Waals surface area contributed by atoms with Gasteiger partial charge in [-0.15, -0.1) is 0 Å². The van der Waals surface area contributed by atoms with E-state index in [-0.39, 0.29) is 28.5 Å². The van der Waals surface area contributed by atoms with E-state index in [1.807, 2.05) is 0 Å². The summed E-state index contributed by atoms with van der Waals surface area (Å²) in [5.74, 6) is -4.55. The van der Waals surface area contributed by atoms with Crippen molar-refractivity contribution in [2.45, 2.75) is 38.8 Å². The predicted molar refractivity (Wildman–Crippen MR) is 110 cm³/mol. The second-order valence-electron chi connectivity index (χ2n) is 8.21. The summed E-state index contributed by atoms with van der Waals surface area (Å²) < 4.78 is 40.9. The largest absolute Gasteiger partial charge is 0.364 e. The fourth-order valence-corrected chi connectivity index (χ4v) is 6.19. The van der Waals surface area contributed by atoms with E-state index in [0.29, 0.717) is 30.6 Å². The Kier molecular flexibility index (Phi) is 5.07. The SMILES string of the molecule is Cc1c(C(=O)C(=O)N(c2ccc(F)c(F)c2)C2(C)CS(=O)C2)c2n(c1C(N)=O)CCC2. The summed E-state index contributed by atoms with van der Waals surface area (Å²) in [6.45, 7) is 3.72. The molecule has 31 heavy (non-hydrogen) atoms. The highest BCUT2D eigenvalue weighted by Gasteiger charge is 2.49. The second-order valence-corrected chi connectivity index (χ2v) is 9.67. The van der Waals surface area contributed by atoms with Gasteiger partial charge in [0, 0.05) is 46.3 Å². The number of amides is 2. The zero-order valence-electron chi connectivity index (χ0n) is 17.0. The third-order valence-corrected chi connectivity index (χ3v) is 7.80. The van der Waals surface area contributed by atoms with Gasteiger partial charge in [0.25, 0.3) is 17.6 Å². The van der Waals surface area contributed by atoms with Crippen LogP contribution in [0.3, 0.4) is 0 Å². The Bertz CT molecular complexity index is 1170. The normalized spacial score (nSPS) is 22.0. The van der Waals surface area contributed by atoms with Crippen LogP contribution in [0.5, 0.6) is 0 Å². The molecule has 1 aromatic carbocycles. The number of nitrogens with two attached hydrogens (primary N) is 1. The summed E-state index contributed by atoms with van der Waals surface area (Å²) in [5, 5.41) is 0. The Morgan fingerprint density at radius 1 is 1.19 bits per heavy atom. The molecule has 2 N–H and O–H groups in total. The van der Waals surface area contributed by atoms with E-state index in [9.17, 15) is 27.4 Å². The Balaban J connectivity index is 1.81. The van der Waals surface area contributed by atoms with Crippen LogP contribution in [-0.4, -0.2) is 43.4 Å². The van der Waals surface area contributed by atoms with Crippen molar-refractivity contribution in [3.05, 3.63) is 52.3 Å². The van der Waals surface area contributed by atoms with Gasteiger partial charge in [0.15, 0.2) is 11.6 Å². The lowest BCUT2D eigenvalue weighted by Gasteiger charge is -2.46. The number of rotatable bonds is 5. The van der Waals surface area contributed by atoms with Gasteiger partial charge in [-0.25, -0.2) is 8.78 Å². The number of fused-ring (bicyclic) bond motifs is 1. The molecule has 164 valence electrons. The van der Waals surface area contributed by atoms with Gasteiger partial charge in [0.2, 0.25) is 0 Å². The van der Waals surface area contributed by atoms with Crippen LogP contribution in [0, 0.1) is 18.6 Å². The van der Waals surface area contributed by atoms with Crippen LogP contribution in [0.4, 0.5) is 14.5 Å². The van der Waals surface area contributed by atoms with Gasteiger partial charge in [-0.1, -0.05) is 0 Å². The number of Topliss-reactive ketones (excluding diaryl/α,β-unsaturated/α-hetero) is 1. The van der Waals surface area contributed by atoms with E-state index in [0.717, 1.165) is 17.0 Å². The molecular weight excluding hydrogens is 428 g/mol. The first-order valence-electron chi connectivity index (χ1n) is 9.76. The van der Waals surface area contributed by atoms with E-state index >= 15 is 0 Å². The van der Waals surface area contributed by atoms with Gasteiger partial charge in [-0.2, -0.15) is 0 Å². The van der Waals surface area contributed by atoms with Crippen molar-refractivity contribution in [3.8, 4) is 0 Å². The summed E-state index contributed by atoms with van der Waals surface area (Å²) in [6.07, 6.45) is 1.21. The topological polar surface area (TPSA) is 102 Å². The molecule has 2 aliphatic heterocycles. The number of hydrogen-bond acceptors (Lipinski definition) is 4. The van der Waals surface area contributed by atoms with Gasteiger partial charge in [-0.05, 0) is 44.4 Å². The molecule has 0 atom stereocenters. The third-order valence-electron chi connectivity index (χ3n) is 5.91. The molecule has 0 bridgehead atoms. The van der Waals surface area contributed by atoms with Crippen LogP contribution in [0.25, 0.3) is 0 Å². The van der Waals surface area contributed by atoms with Crippen LogP contribution in [-0.2, 0) is 28.6 Å². The van der Waals surface area contributed by atoms with Gasteiger partial charge in [0.05, 0.1) is 11.1 Å². The molecule has 0 saturated carbocycles. The number of carbonyl (C=O) groups is 3. The van der Waals surface area contributed by atoms with E-state index in [1.165, 1.54) is 6.07 Å². The molecule has 7 nitrogen and oxygen atoms in total. The fraction of sp³-hybridized carbons (Fsp3) is 0.381. The number of halogens is 2. The summed E-state index contributed by atoms with van der Waals surface area (Å²) in [5.41, 5.74) is 5.71. The standard InChI is InChI=1S/C21H21F2N3O4S/c1-11-16(15-4-3-7-25(15)17(11)19(24)28)18(27)20(29)26(21(2)9-31(30)10-21)12-5-6-13(22)14(23)8-12/h5-6,8H,3-4,7,9-10H2,1-2H3,(H2,24,28). The average molecular weight is 449 g/mol. The molecular formula is C21H21F2N3O4S. The number of benzene rings is 1. The number of anilines is 1. The summed E-state index contributed by atoms with van der Waals surface area (Å²) in [7, 11) is -1.18. The molecule has 2 aliphatic rings. The zero-order valence-corrected chi connectivity index (χ0v) is 17.9. The highest BCUT2D eigenvalue weighted by molar-refractivity contribution is 7.86. The van der Waals surface area contributed by atoms with Crippen LogP contribution in [0.15, 0.2) is 18.2 Å². The molecule has 3 heterocycles. The van der Waals surface area contributed by atoms with Crippen molar-refractivity contribution in [1.82, 2.24) is 4.57 Å². The molecule has 0 aliphatic carbocycles. The van der Waals surface area contributed by atoms with E-state index in [1.54, 1.807) is 18.4 Å². The minimum Gasteiger partial charge on any atom is -0.364 e. The van der Waals surface area contributed by atoms with Crippen LogP contribution >= 0.6 is 0 Å². The first kappa shape index (κ1) is 21.4. The van der Waals surface area contributed by atoms with Crippen molar-refractivity contribution in [3.63, 3.8) is 0 Å². The van der Waals surface area contributed by atoms with Gasteiger partial charge in [-0.3, -0.25) is 23.5 Å². The lowest BCUT2D eigenvalue weighted by molar-refractivity contribution is -0.115. The minimum absolute atomic E-state index is 0.0000763. The van der Waals surface area contributed by atoms with Crippen LogP contribution < -0.4 is 10.6 Å². The number of primary amides is 1. The molecule has 10 heteroatoms. The molecule has 1 saturated heterocycles. The maximum Gasteiger partial charge on any atom is 0.300 e. The van der Waals surface area contributed by atoms with Crippen molar-refractivity contribution < 1.29 is 27.4 Å². The monoisotopic (exact) mass is 449 g/mol. The van der Waals surface area contributed by atoms with Crippen LogP contribution in [0.2, 0.25) is 0 Å². The van der Waals surface area contributed by atoms with Gasteiger partial charge < -0.3 is 10.3 Å². The summed E-state index contributed by atoms with van der Waals surface area (Å²) in [6, 6.07) is 2.93. The number of aromatic nitrogens is 1. The number of hydrogen-bond donors (Lipinski definition) is 1. The van der Waals surface area contributed by atoms with E-state index in [2.05, 4.69) is 0 Å². The number of carbonyl (C=O) groups excluding carboxylic acids is 3. The van der Waals surface area contributed by atoms with Crippen molar-refractivity contribution in [2.75, 3.05) is 16.4 Å². The molecule has 1 fully saturated rings. The smallest absolute Gasteiger partial charge is 0.300 e. The molecule has 0 spiro atoms. The Labute approximate surface area is 179 Å². The maximum atomic E-state index is 13.9. The minimum atomic E-state index is -1.18. The third kappa shape index (κ3) is 3.29.